The summed E-state index contributed by atoms with van der Waals surface area (Å²) in [6.45, 7) is 0. The van der Waals surface area contributed by atoms with Crippen molar-refractivity contribution in [3.05, 3.63) is 0 Å². The molecule has 0 radical (unpaired) electrons. The molecule has 0 saturated carbocycles. The van der Waals surface area contributed by atoms with Gasteiger partial charge in [0, 0.05) is 0 Å². The topological polar surface area (TPSA) is 74.6 Å². The molecule has 0 aliphatic rings. The van der Waals surface area contributed by atoms with Crippen LogP contribution >= 0.6 is 13.5 Å². The Balaban J connectivity index is -0.0000000267. The molecule has 4 nitrogen and oxygen atoms in total. The molecule has 0 aliphatic heterocycles. The van der Waals surface area contributed by atoms with Gasteiger partial charge in [0.2, 0.25) is 0 Å². The molecule has 0 rings (SSSR count). The summed E-state index contributed by atoms with van der Waals surface area (Å²) in [4.78, 5) is 0. The van der Waals surface area contributed by atoms with Crippen molar-refractivity contribution < 1.29 is 17.5 Å². The molecule has 0 heterocycles. The maximum atomic E-state index is 8.74. The fourth-order valence-electron chi connectivity index (χ4n) is 0. The van der Waals surface area contributed by atoms with E-state index in [1.165, 1.54) is 0 Å². The molecule has 0 aliphatic carbocycles. The van der Waals surface area contributed by atoms with Crippen molar-refractivity contribution in [2.75, 3.05) is 0 Å². The summed E-state index contributed by atoms with van der Waals surface area (Å²) < 4.78 is 31.6. The van der Waals surface area contributed by atoms with Gasteiger partial charge in [-0.3, -0.25) is 9.11 Å². The van der Waals surface area contributed by atoms with Crippen molar-refractivity contribution in [2.24, 2.45) is 0 Å². The molecule has 8 heteroatoms. The fourth-order valence-corrected chi connectivity index (χ4v) is 0. The van der Waals surface area contributed by atoms with Gasteiger partial charge >= 0.3 is 91.3 Å². The van der Waals surface area contributed by atoms with E-state index in [4.69, 9.17) is 17.5 Å². The van der Waals surface area contributed by atoms with Gasteiger partial charge in [-0.1, -0.05) is 0 Å². The normalized spacial score (nSPS) is 7.25. The average Bonchev–Trinajstić information content (AvgIpc) is 0.722. The fraction of sp³-hybridized carbons (Fsp3) is 0. The van der Waals surface area contributed by atoms with Crippen molar-refractivity contribution in [1.29, 1.82) is 0 Å². The van der Waals surface area contributed by atoms with Crippen LogP contribution in [0.4, 0.5) is 0 Å². The van der Waals surface area contributed by atoms with Gasteiger partial charge in [-0.05, 0) is 0 Å². The minimum absolute atomic E-state index is 0. The van der Waals surface area contributed by atoms with E-state index in [9.17, 15) is 0 Å². The molecule has 0 unspecified atom stereocenters. The first kappa shape index (κ1) is 22.4. The van der Waals surface area contributed by atoms with E-state index in [0.29, 0.717) is 0 Å². The molecule has 0 bridgehead atoms. The van der Waals surface area contributed by atoms with E-state index >= 15 is 0 Å². The quantitative estimate of drug-likeness (QED) is 0.353. The molecule has 0 aromatic carbocycles. The van der Waals surface area contributed by atoms with Crippen LogP contribution in [0, 0.1) is 0 Å². The Bertz CT molecular complexity index is 97.2. The second-order valence-electron chi connectivity index (χ2n) is 0.448. The van der Waals surface area contributed by atoms with Crippen LogP contribution < -0.4 is 0 Å². The standard InChI is InChI=1S/K.Na.H2O4S.H2S.2H/c;;1-5(2,3)4;;;/h;;(H2,1,2,3,4);1H2;;. The molecule has 2 N–H and O–H groups in total. The molecule has 8 heavy (non-hydrogen) atoms. The molecular weight excluding hydrogens is 190 g/mol. The Labute approximate surface area is 120 Å². The van der Waals surface area contributed by atoms with E-state index in [2.05, 4.69) is 0 Å². The van der Waals surface area contributed by atoms with Crippen LogP contribution in [0.2, 0.25) is 0 Å². The van der Waals surface area contributed by atoms with E-state index in [1.54, 1.807) is 0 Å². The van der Waals surface area contributed by atoms with Gasteiger partial charge in [-0.25, -0.2) is 0 Å². The monoisotopic (exact) mass is 196 g/mol. The number of hydrogen-bond acceptors (Lipinski definition) is 2. The number of hydrogen-bond donors (Lipinski definition) is 2. The molecule has 0 fully saturated rings. The van der Waals surface area contributed by atoms with Crippen molar-refractivity contribution in [2.45, 2.75) is 0 Å². The van der Waals surface area contributed by atoms with E-state index in [0.717, 1.165) is 0 Å². The SMILES string of the molecule is O=S(=O)(O)O.S.[KH].[NaH]. The number of rotatable bonds is 0. The van der Waals surface area contributed by atoms with Crippen LogP contribution in [0.3, 0.4) is 0 Å². The summed E-state index contributed by atoms with van der Waals surface area (Å²) in [5, 5.41) is 0. The van der Waals surface area contributed by atoms with Gasteiger partial charge in [0.25, 0.3) is 0 Å². The molecule has 0 saturated heterocycles. The summed E-state index contributed by atoms with van der Waals surface area (Å²) in [5.74, 6) is 0. The zero-order chi connectivity index (χ0) is 4.50. The van der Waals surface area contributed by atoms with Crippen molar-refractivity contribution in [1.82, 2.24) is 0 Å². The van der Waals surface area contributed by atoms with Gasteiger partial charge < -0.3 is 0 Å². The Morgan fingerprint density at radius 1 is 1.12 bits per heavy atom. The second-order valence-corrected chi connectivity index (χ2v) is 1.34. The third-order valence-corrected chi connectivity index (χ3v) is 0. The van der Waals surface area contributed by atoms with Crippen molar-refractivity contribution in [3.63, 3.8) is 0 Å². The molecular formula is H6KNaO4S2. The predicted molar refractivity (Wildman–Crippen MR) is 38.9 cm³/mol. The molecule has 0 amide bonds. The van der Waals surface area contributed by atoms with Gasteiger partial charge in [0.1, 0.15) is 0 Å². The Morgan fingerprint density at radius 3 is 1.12 bits per heavy atom. The molecule has 0 aromatic rings. The molecule has 0 atom stereocenters. The second kappa shape index (κ2) is 9.86. The predicted octanol–water partition coefficient (Wildman–Crippen LogP) is -1.84. The summed E-state index contributed by atoms with van der Waals surface area (Å²) in [7, 11) is -4.67. The zero-order valence-corrected chi connectivity index (χ0v) is 4.44. The van der Waals surface area contributed by atoms with Crippen LogP contribution in [0.1, 0.15) is 0 Å². The van der Waals surface area contributed by atoms with Gasteiger partial charge in [0.15, 0.2) is 0 Å². The minimum atomic E-state index is -4.67. The first-order valence-corrected chi connectivity index (χ1v) is 2.10. The molecule has 0 aromatic heterocycles. The summed E-state index contributed by atoms with van der Waals surface area (Å²) in [6, 6.07) is 0. The van der Waals surface area contributed by atoms with Crippen molar-refractivity contribution >= 4 is 105 Å². The van der Waals surface area contributed by atoms with Crippen molar-refractivity contribution in [3.8, 4) is 0 Å². The van der Waals surface area contributed by atoms with Crippen LogP contribution in [0.15, 0.2) is 0 Å². The summed E-state index contributed by atoms with van der Waals surface area (Å²) in [5.41, 5.74) is 0. The Hall–Kier alpha value is 2.86. The van der Waals surface area contributed by atoms with Gasteiger partial charge in [-0.15, -0.1) is 0 Å². The third-order valence-electron chi connectivity index (χ3n) is 0. The van der Waals surface area contributed by atoms with Gasteiger partial charge in [-0.2, -0.15) is 21.9 Å². The van der Waals surface area contributed by atoms with Gasteiger partial charge in [0.05, 0.1) is 0 Å². The third kappa shape index (κ3) is 67.0. The van der Waals surface area contributed by atoms with E-state index in [-0.39, 0.29) is 94.4 Å². The molecule has 44 valence electrons. The first-order chi connectivity index (χ1) is 2.00. The summed E-state index contributed by atoms with van der Waals surface area (Å²) >= 11 is 0. The summed E-state index contributed by atoms with van der Waals surface area (Å²) in [6.07, 6.45) is 0. The van der Waals surface area contributed by atoms with E-state index < -0.39 is 10.4 Å². The Kier molecular flexibility index (Phi) is 27.6. The van der Waals surface area contributed by atoms with Crippen LogP contribution in [0.25, 0.3) is 0 Å². The van der Waals surface area contributed by atoms with Crippen LogP contribution in [0.5, 0.6) is 0 Å². The first-order valence-electron chi connectivity index (χ1n) is 0.698. The molecule has 0 spiro atoms. The van der Waals surface area contributed by atoms with Crippen LogP contribution in [-0.2, 0) is 10.4 Å². The van der Waals surface area contributed by atoms with E-state index in [1.807, 2.05) is 0 Å². The average molecular weight is 196 g/mol. The Morgan fingerprint density at radius 2 is 1.12 bits per heavy atom. The van der Waals surface area contributed by atoms with Crippen LogP contribution in [-0.4, -0.2) is 98.5 Å². The maximum absolute atomic E-state index is 8.74. The zero-order valence-electron chi connectivity index (χ0n) is 2.62.